The number of rotatable bonds is 7. The highest BCUT2D eigenvalue weighted by molar-refractivity contribution is 7.99. The number of nitrogens with one attached hydrogen (secondary N) is 1. The summed E-state index contributed by atoms with van der Waals surface area (Å²) in [6, 6.07) is 15.6. The van der Waals surface area contributed by atoms with Gasteiger partial charge in [0.15, 0.2) is 5.16 Å². The van der Waals surface area contributed by atoms with E-state index in [1.54, 1.807) is 15.6 Å². The largest absolute Gasteiger partial charge is 0.320 e. The van der Waals surface area contributed by atoms with E-state index in [0.717, 1.165) is 16.5 Å². The molecule has 4 aromatic rings. The van der Waals surface area contributed by atoms with E-state index in [1.165, 1.54) is 22.9 Å². The molecular weight excluding hydrogens is 434 g/mol. The van der Waals surface area contributed by atoms with Crippen LogP contribution in [0.4, 0.5) is 5.69 Å². The number of aryl methyl sites for hydroxylation is 1. The van der Waals surface area contributed by atoms with Crippen molar-refractivity contribution in [3.05, 3.63) is 88.1 Å². The maximum Gasteiger partial charge on any atom is 0.295 e. The fourth-order valence-electron chi connectivity index (χ4n) is 3.73. The Morgan fingerprint density at radius 1 is 1.06 bits per heavy atom. The number of hydrogen-bond acceptors (Lipinski definition) is 4. The predicted molar refractivity (Wildman–Crippen MR) is 133 cm³/mol. The summed E-state index contributed by atoms with van der Waals surface area (Å²) in [6.45, 7) is 6.01. The second kappa shape index (κ2) is 9.54. The van der Waals surface area contributed by atoms with E-state index < -0.39 is 0 Å². The summed E-state index contributed by atoms with van der Waals surface area (Å²) in [5.41, 5.74) is 5.03. The third-order valence-corrected chi connectivity index (χ3v) is 6.79. The van der Waals surface area contributed by atoms with Gasteiger partial charge in [0.05, 0.1) is 17.1 Å². The molecule has 0 aliphatic carbocycles. The molecule has 0 aliphatic rings. The van der Waals surface area contributed by atoms with E-state index in [1.807, 2.05) is 61.1 Å². The smallest absolute Gasteiger partial charge is 0.295 e. The SMILES string of the molecule is Cc1cccc(-n2ccnc2SCCC(=O)Nc2c(C)n(C)n(-c3ccccc3)c2=O)c1C. The normalized spacial score (nSPS) is 11.0. The standard InChI is InChI=1S/C25H27N5O2S/c1-17-9-8-12-21(18(17)2)29-15-14-26-25(29)33-16-13-22(31)27-23-19(3)28(4)30(24(23)32)20-10-6-5-7-11-20/h5-12,14-15H,13,16H2,1-4H3,(H,27,31). The first-order chi connectivity index (χ1) is 15.9. The van der Waals surface area contributed by atoms with Crippen molar-refractivity contribution in [2.24, 2.45) is 7.05 Å². The Labute approximate surface area is 197 Å². The first-order valence-electron chi connectivity index (χ1n) is 10.7. The quantitative estimate of drug-likeness (QED) is 0.414. The molecule has 0 unspecified atom stereocenters. The van der Waals surface area contributed by atoms with Crippen LogP contribution in [0.1, 0.15) is 23.2 Å². The van der Waals surface area contributed by atoms with Gasteiger partial charge in [0, 0.05) is 31.6 Å². The van der Waals surface area contributed by atoms with Gasteiger partial charge in [-0.15, -0.1) is 0 Å². The average Bonchev–Trinajstić information content (AvgIpc) is 3.35. The lowest BCUT2D eigenvalue weighted by molar-refractivity contribution is -0.115. The van der Waals surface area contributed by atoms with E-state index in [9.17, 15) is 9.59 Å². The highest BCUT2D eigenvalue weighted by atomic mass is 32.2. The van der Waals surface area contributed by atoms with Gasteiger partial charge in [0.25, 0.3) is 5.56 Å². The maximum atomic E-state index is 13.0. The van der Waals surface area contributed by atoms with Crippen molar-refractivity contribution in [3.63, 3.8) is 0 Å². The van der Waals surface area contributed by atoms with Gasteiger partial charge in [-0.1, -0.05) is 42.1 Å². The lowest BCUT2D eigenvalue weighted by Crippen LogP contribution is -2.23. The Morgan fingerprint density at radius 3 is 2.58 bits per heavy atom. The van der Waals surface area contributed by atoms with E-state index in [4.69, 9.17) is 0 Å². The van der Waals surface area contributed by atoms with Crippen molar-refractivity contribution in [1.29, 1.82) is 0 Å². The van der Waals surface area contributed by atoms with Gasteiger partial charge in [0.2, 0.25) is 5.91 Å². The van der Waals surface area contributed by atoms with Gasteiger partial charge in [-0.05, 0) is 50.1 Å². The monoisotopic (exact) mass is 461 g/mol. The zero-order chi connectivity index (χ0) is 23.5. The van der Waals surface area contributed by atoms with Crippen LogP contribution in [0.25, 0.3) is 11.4 Å². The third kappa shape index (κ3) is 4.52. The minimum atomic E-state index is -0.243. The number of para-hydroxylation sites is 1. The summed E-state index contributed by atoms with van der Waals surface area (Å²) in [5, 5.41) is 3.65. The Morgan fingerprint density at radius 2 is 1.82 bits per heavy atom. The lowest BCUT2D eigenvalue weighted by Gasteiger charge is -2.12. The van der Waals surface area contributed by atoms with Crippen molar-refractivity contribution < 1.29 is 4.79 Å². The van der Waals surface area contributed by atoms with E-state index in [-0.39, 0.29) is 17.9 Å². The van der Waals surface area contributed by atoms with Gasteiger partial charge >= 0.3 is 0 Å². The molecule has 0 saturated carbocycles. The summed E-state index contributed by atoms with van der Waals surface area (Å²) in [4.78, 5) is 30.1. The minimum Gasteiger partial charge on any atom is -0.320 e. The van der Waals surface area contributed by atoms with Gasteiger partial charge in [0.1, 0.15) is 5.69 Å². The zero-order valence-electron chi connectivity index (χ0n) is 19.2. The predicted octanol–water partition coefficient (Wildman–Crippen LogP) is 4.41. The molecule has 1 amide bonds. The van der Waals surface area contributed by atoms with Crippen molar-refractivity contribution in [2.45, 2.75) is 32.3 Å². The number of aromatic nitrogens is 4. The number of hydrogen-bond donors (Lipinski definition) is 1. The van der Waals surface area contributed by atoms with Crippen LogP contribution in [0.5, 0.6) is 0 Å². The molecule has 2 aromatic heterocycles. The summed E-state index contributed by atoms with van der Waals surface area (Å²) >= 11 is 1.52. The second-order valence-corrected chi connectivity index (χ2v) is 8.94. The summed E-state index contributed by atoms with van der Waals surface area (Å²) in [5.74, 6) is 0.352. The van der Waals surface area contributed by atoms with E-state index in [2.05, 4.69) is 36.3 Å². The number of thioether (sulfide) groups is 1. The van der Waals surface area contributed by atoms with Crippen LogP contribution in [0.2, 0.25) is 0 Å². The number of carbonyl (C=O) groups excluding carboxylic acids is 1. The third-order valence-electron chi connectivity index (χ3n) is 5.82. The fraction of sp³-hybridized carbons (Fsp3) is 0.240. The number of benzene rings is 2. The number of amides is 1. The number of anilines is 1. The molecule has 0 bridgehead atoms. The molecule has 0 saturated heterocycles. The van der Waals surface area contributed by atoms with Crippen LogP contribution < -0.4 is 10.9 Å². The molecule has 0 spiro atoms. The Balaban J connectivity index is 1.44. The minimum absolute atomic E-state index is 0.196. The number of carbonyl (C=O) groups is 1. The molecule has 33 heavy (non-hydrogen) atoms. The summed E-state index contributed by atoms with van der Waals surface area (Å²) in [7, 11) is 1.81. The van der Waals surface area contributed by atoms with Crippen LogP contribution >= 0.6 is 11.8 Å². The van der Waals surface area contributed by atoms with Gasteiger partial charge in [-0.2, -0.15) is 0 Å². The second-order valence-electron chi connectivity index (χ2n) is 7.88. The lowest BCUT2D eigenvalue weighted by atomic mass is 10.1. The summed E-state index contributed by atoms with van der Waals surface area (Å²) in [6.07, 6.45) is 3.97. The van der Waals surface area contributed by atoms with Crippen LogP contribution in [0.3, 0.4) is 0 Å². The zero-order valence-corrected chi connectivity index (χ0v) is 20.0. The van der Waals surface area contributed by atoms with Gasteiger partial charge < -0.3 is 5.32 Å². The van der Waals surface area contributed by atoms with Crippen molar-refractivity contribution >= 4 is 23.4 Å². The van der Waals surface area contributed by atoms with Crippen molar-refractivity contribution in [2.75, 3.05) is 11.1 Å². The van der Waals surface area contributed by atoms with Gasteiger partial charge in [-0.3, -0.25) is 18.8 Å². The highest BCUT2D eigenvalue weighted by Gasteiger charge is 2.18. The topological polar surface area (TPSA) is 73.8 Å². The first kappa shape index (κ1) is 22.7. The molecule has 4 rings (SSSR count). The number of nitrogens with zero attached hydrogens (tertiary/aromatic N) is 4. The molecule has 170 valence electrons. The molecule has 0 fully saturated rings. The maximum absolute atomic E-state index is 13.0. The van der Waals surface area contributed by atoms with E-state index in [0.29, 0.717) is 17.1 Å². The van der Waals surface area contributed by atoms with Gasteiger partial charge in [-0.25, -0.2) is 9.67 Å². The molecule has 0 radical (unpaired) electrons. The molecule has 8 heteroatoms. The van der Waals surface area contributed by atoms with E-state index >= 15 is 0 Å². The Bertz CT molecular complexity index is 1350. The fourth-order valence-corrected chi connectivity index (χ4v) is 4.63. The van der Waals surface area contributed by atoms with Crippen LogP contribution in [-0.4, -0.2) is 30.6 Å². The number of imidazole rings is 1. The van der Waals surface area contributed by atoms with Crippen LogP contribution in [0.15, 0.2) is 70.9 Å². The Hall–Kier alpha value is -3.52. The summed E-state index contributed by atoms with van der Waals surface area (Å²) < 4.78 is 5.36. The molecule has 0 aliphatic heterocycles. The van der Waals surface area contributed by atoms with Crippen LogP contribution in [-0.2, 0) is 11.8 Å². The molecule has 7 nitrogen and oxygen atoms in total. The molecule has 2 aromatic carbocycles. The van der Waals surface area contributed by atoms with Crippen molar-refractivity contribution in [1.82, 2.24) is 18.9 Å². The van der Waals surface area contributed by atoms with Crippen LogP contribution in [0, 0.1) is 20.8 Å². The average molecular weight is 462 g/mol. The molecular formula is C25H27N5O2S. The molecule has 1 N–H and O–H groups in total. The Kier molecular flexibility index (Phi) is 6.55. The van der Waals surface area contributed by atoms with Crippen molar-refractivity contribution in [3.8, 4) is 11.4 Å². The molecule has 2 heterocycles. The first-order valence-corrected chi connectivity index (χ1v) is 11.7. The highest BCUT2D eigenvalue weighted by Crippen LogP contribution is 2.25. The molecule has 0 atom stereocenters.